The lowest BCUT2D eigenvalue weighted by Gasteiger charge is -1.92. The molecule has 7 heteroatoms. The van der Waals surface area contributed by atoms with Crippen LogP contribution in [0.25, 0.3) is 22.7 Å². The van der Waals surface area contributed by atoms with Crippen LogP contribution in [0.1, 0.15) is 10.4 Å². The molecular weight excluding hydrogens is 242 g/mol. The molecule has 17 heavy (non-hydrogen) atoms. The Morgan fingerprint density at radius 3 is 3.00 bits per heavy atom. The van der Waals surface area contributed by atoms with Gasteiger partial charge in [-0.2, -0.15) is 0 Å². The third-order valence-electron chi connectivity index (χ3n) is 2.23. The normalized spacial score (nSPS) is 10.8. The Balaban J connectivity index is 2.26. The maximum Gasteiger partial charge on any atom is 0.338 e. The molecule has 6 nitrogen and oxygen atoms in total. The number of carboxylic acid groups (broad SMARTS) is 1. The molecule has 3 aromatic rings. The van der Waals surface area contributed by atoms with Crippen molar-refractivity contribution in [2.75, 3.05) is 0 Å². The van der Waals surface area contributed by atoms with Crippen LogP contribution >= 0.6 is 11.5 Å². The number of oxazole rings is 1. The van der Waals surface area contributed by atoms with Gasteiger partial charge >= 0.3 is 5.97 Å². The third-order valence-corrected chi connectivity index (χ3v) is 2.73. The first-order valence-electron chi connectivity index (χ1n) is 4.66. The van der Waals surface area contributed by atoms with Gasteiger partial charge in [-0.15, -0.1) is 5.10 Å². The van der Waals surface area contributed by atoms with Crippen molar-refractivity contribution >= 4 is 28.6 Å². The van der Waals surface area contributed by atoms with Gasteiger partial charge in [-0.3, -0.25) is 0 Å². The van der Waals surface area contributed by atoms with E-state index in [1.54, 1.807) is 17.5 Å². The maximum absolute atomic E-state index is 11.0. The molecule has 0 fully saturated rings. The van der Waals surface area contributed by atoms with Crippen molar-refractivity contribution in [3.63, 3.8) is 0 Å². The summed E-state index contributed by atoms with van der Waals surface area (Å²) in [6, 6.07) is 4.76. The minimum atomic E-state index is -1.04. The van der Waals surface area contributed by atoms with Crippen LogP contribution in [0.2, 0.25) is 0 Å². The van der Waals surface area contributed by atoms with Crippen LogP contribution < -0.4 is 0 Å². The van der Waals surface area contributed by atoms with Crippen LogP contribution in [0.5, 0.6) is 0 Å². The van der Waals surface area contributed by atoms with E-state index in [-0.39, 0.29) is 11.5 Å². The van der Waals surface area contributed by atoms with Gasteiger partial charge in [0.25, 0.3) is 0 Å². The highest BCUT2D eigenvalue weighted by molar-refractivity contribution is 7.03. The molecule has 0 spiro atoms. The largest absolute Gasteiger partial charge is 0.478 e. The molecule has 0 aliphatic heterocycles. The van der Waals surface area contributed by atoms with Crippen LogP contribution in [-0.4, -0.2) is 25.6 Å². The van der Waals surface area contributed by atoms with Crippen molar-refractivity contribution in [3.8, 4) is 11.6 Å². The second-order valence-corrected chi connectivity index (χ2v) is 3.88. The lowest BCUT2D eigenvalue weighted by Crippen LogP contribution is -1.96. The number of carbonyl (C=O) groups is 1. The van der Waals surface area contributed by atoms with E-state index in [2.05, 4.69) is 14.6 Å². The molecule has 3 rings (SSSR count). The summed E-state index contributed by atoms with van der Waals surface area (Å²) < 4.78 is 9.13. The van der Waals surface area contributed by atoms with Crippen LogP contribution in [-0.2, 0) is 0 Å². The Morgan fingerprint density at radius 1 is 1.41 bits per heavy atom. The molecule has 0 unspecified atom stereocenters. The number of aromatic carboxylic acids is 1. The van der Waals surface area contributed by atoms with Gasteiger partial charge in [-0.1, -0.05) is 10.6 Å². The van der Waals surface area contributed by atoms with Crippen molar-refractivity contribution in [3.05, 3.63) is 29.1 Å². The maximum atomic E-state index is 11.0. The highest BCUT2D eigenvalue weighted by Gasteiger charge is 2.16. The predicted octanol–water partition coefficient (Wildman–Crippen LogP) is 2.04. The van der Waals surface area contributed by atoms with Gasteiger partial charge in [0.1, 0.15) is 5.52 Å². The Morgan fingerprint density at radius 2 is 2.29 bits per heavy atom. The number of para-hydroxylation sites is 1. The standard InChI is InChI=1S/C10H5N3O3S/c14-10(15)5-2-1-3-7-8(5)11-9(16-7)6-4-17-13-12-6/h1-4H,(H,14,15). The zero-order chi connectivity index (χ0) is 11.8. The molecule has 0 aliphatic rings. The second kappa shape index (κ2) is 3.63. The average Bonchev–Trinajstić information content (AvgIpc) is 2.96. The van der Waals surface area contributed by atoms with Crippen LogP contribution in [0.15, 0.2) is 28.0 Å². The number of nitrogens with zero attached hydrogens (tertiary/aromatic N) is 3. The average molecular weight is 247 g/mol. The van der Waals surface area contributed by atoms with Crippen molar-refractivity contribution < 1.29 is 14.3 Å². The van der Waals surface area contributed by atoms with E-state index in [1.807, 2.05) is 0 Å². The van der Waals surface area contributed by atoms with E-state index >= 15 is 0 Å². The molecule has 0 radical (unpaired) electrons. The fraction of sp³-hybridized carbons (Fsp3) is 0. The Kier molecular flexibility index (Phi) is 2.12. The molecule has 2 heterocycles. The summed E-state index contributed by atoms with van der Waals surface area (Å²) in [6.07, 6.45) is 0. The number of rotatable bonds is 2. The zero-order valence-electron chi connectivity index (χ0n) is 8.32. The zero-order valence-corrected chi connectivity index (χ0v) is 9.14. The molecule has 0 amide bonds. The fourth-order valence-corrected chi connectivity index (χ4v) is 1.92. The van der Waals surface area contributed by atoms with Crippen LogP contribution in [0, 0.1) is 0 Å². The number of fused-ring (bicyclic) bond motifs is 1. The van der Waals surface area contributed by atoms with Crippen molar-refractivity contribution in [1.29, 1.82) is 0 Å². The summed E-state index contributed by atoms with van der Waals surface area (Å²) >= 11 is 1.18. The third kappa shape index (κ3) is 1.56. The lowest BCUT2D eigenvalue weighted by molar-refractivity contribution is 0.0699. The number of aromatic nitrogens is 3. The van der Waals surface area contributed by atoms with Gasteiger partial charge in [0.2, 0.25) is 5.89 Å². The van der Waals surface area contributed by atoms with E-state index in [0.717, 1.165) is 0 Å². The summed E-state index contributed by atoms with van der Waals surface area (Å²) in [5, 5.41) is 14.5. The summed E-state index contributed by atoms with van der Waals surface area (Å²) in [5.41, 5.74) is 1.36. The fourth-order valence-electron chi connectivity index (χ4n) is 1.49. The Hall–Kier alpha value is -2.28. The van der Waals surface area contributed by atoms with Gasteiger partial charge < -0.3 is 9.52 Å². The van der Waals surface area contributed by atoms with Gasteiger partial charge in [0.15, 0.2) is 11.3 Å². The van der Waals surface area contributed by atoms with Gasteiger partial charge in [-0.05, 0) is 23.7 Å². The first-order valence-corrected chi connectivity index (χ1v) is 5.49. The van der Waals surface area contributed by atoms with Crippen LogP contribution in [0.4, 0.5) is 0 Å². The number of carboxylic acids is 1. The van der Waals surface area contributed by atoms with Gasteiger partial charge in [0.05, 0.1) is 5.56 Å². The molecule has 84 valence electrons. The SMILES string of the molecule is O=C(O)c1cccc2oc(-c3csnn3)nc12. The molecule has 0 saturated heterocycles. The van der Waals surface area contributed by atoms with E-state index in [0.29, 0.717) is 16.8 Å². The first-order chi connectivity index (χ1) is 8.25. The Bertz CT molecular complexity index is 690. The van der Waals surface area contributed by atoms with Crippen LogP contribution in [0.3, 0.4) is 0 Å². The van der Waals surface area contributed by atoms with E-state index in [1.165, 1.54) is 17.6 Å². The minimum Gasteiger partial charge on any atom is -0.478 e. The molecule has 1 aromatic carbocycles. The van der Waals surface area contributed by atoms with E-state index in [4.69, 9.17) is 9.52 Å². The van der Waals surface area contributed by atoms with Crippen molar-refractivity contribution in [2.45, 2.75) is 0 Å². The molecule has 2 aromatic heterocycles. The summed E-state index contributed by atoms with van der Waals surface area (Å²) in [5.74, 6) is -0.755. The van der Waals surface area contributed by atoms with Crippen molar-refractivity contribution in [1.82, 2.24) is 14.6 Å². The summed E-state index contributed by atoms with van der Waals surface area (Å²) in [6.45, 7) is 0. The number of hydrogen-bond donors (Lipinski definition) is 1. The number of hydrogen-bond acceptors (Lipinski definition) is 6. The number of benzene rings is 1. The highest BCUT2D eigenvalue weighted by Crippen LogP contribution is 2.25. The lowest BCUT2D eigenvalue weighted by atomic mass is 10.2. The summed E-state index contributed by atoms with van der Waals surface area (Å²) in [7, 11) is 0. The van der Waals surface area contributed by atoms with E-state index in [9.17, 15) is 4.79 Å². The highest BCUT2D eigenvalue weighted by atomic mass is 32.1. The molecule has 1 N–H and O–H groups in total. The molecule has 0 bridgehead atoms. The molecule has 0 atom stereocenters. The van der Waals surface area contributed by atoms with Crippen molar-refractivity contribution in [2.24, 2.45) is 0 Å². The summed E-state index contributed by atoms with van der Waals surface area (Å²) in [4.78, 5) is 15.1. The smallest absolute Gasteiger partial charge is 0.338 e. The second-order valence-electron chi connectivity index (χ2n) is 3.27. The quantitative estimate of drug-likeness (QED) is 0.745. The van der Waals surface area contributed by atoms with Gasteiger partial charge in [0, 0.05) is 5.38 Å². The topological polar surface area (TPSA) is 89.1 Å². The first kappa shape index (κ1) is 9.91. The minimum absolute atomic E-state index is 0.112. The predicted molar refractivity (Wildman–Crippen MR) is 59.9 cm³/mol. The molecule has 0 saturated carbocycles. The monoisotopic (exact) mass is 247 g/mol. The molecule has 0 aliphatic carbocycles. The molecular formula is C10H5N3O3S. The Labute approximate surface area is 98.7 Å². The van der Waals surface area contributed by atoms with Gasteiger partial charge in [-0.25, -0.2) is 9.78 Å². The van der Waals surface area contributed by atoms with E-state index < -0.39 is 5.97 Å².